The molecule has 0 aliphatic carbocycles. The summed E-state index contributed by atoms with van der Waals surface area (Å²) in [6.45, 7) is 2.51. The molecular weight excluding hydrogens is 536 g/mol. The zero-order chi connectivity index (χ0) is 28.7. The third-order valence-corrected chi connectivity index (χ3v) is 6.88. The van der Waals surface area contributed by atoms with Gasteiger partial charge in [-0.15, -0.1) is 0 Å². The Labute approximate surface area is 225 Å². The molecule has 0 saturated carbocycles. The molecule has 5 rings (SSSR count). The number of piperidine rings is 1. The number of alkyl halides is 6. The van der Waals surface area contributed by atoms with Crippen LogP contribution in [0, 0.1) is 0 Å². The number of likely N-dealkylation sites (tertiary alicyclic amines) is 1. The second-order valence-corrected chi connectivity index (χ2v) is 9.54. The van der Waals surface area contributed by atoms with Gasteiger partial charge in [0.2, 0.25) is 5.91 Å². The molecule has 1 fully saturated rings. The second kappa shape index (κ2) is 10.4. The first-order valence-electron chi connectivity index (χ1n) is 12.4. The van der Waals surface area contributed by atoms with E-state index in [1.807, 2.05) is 0 Å². The van der Waals surface area contributed by atoms with E-state index < -0.39 is 23.5 Å². The van der Waals surface area contributed by atoms with Gasteiger partial charge in [-0.25, -0.2) is 9.97 Å². The molecule has 0 radical (unpaired) electrons. The highest BCUT2D eigenvalue weighted by molar-refractivity contribution is 5.93. The van der Waals surface area contributed by atoms with Crippen LogP contribution in [-0.2, 0) is 17.1 Å². The predicted octanol–water partition coefficient (Wildman–Crippen LogP) is 7.20. The summed E-state index contributed by atoms with van der Waals surface area (Å²) < 4.78 is 80.1. The zero-order valence-electron chi connectivity index (χ0n) is 21.1. The van der Waals surface area contributed by atoms with Gasteiger partial charge in [-0.1, -0.05) is 6.07 Å². The minimum atomic E-state index is -4.62. The highest BCUT2D eigenvalue weighted by atomic mass is 19.4. The molecule has 1 N–H and O–H groups in total. The number of nitrogens with one attached hydrogen (secondary N) is 1. The van der Waals surface area contributed by atoms with Crippen molar-refractivity contribution in [2.24, 2.45) is 0 Å². The number of fused-ring (bicyclic) bond motifs is 1. The van der Waals surface area contributed by atoms with Crippen LogP contribution in [0.4, 0.5) is 37.8 Å². The number of carbonyl (C=O) groups is 1. The van der Waals surface area contributed by atoms with Gasteiger partial charge in [0.05, 0.1) is 22.3 Å². The van der Waals surface area contributed by atoms with Crippen LogP contribution in [-0.4, -0.2) is 38.8 Å². The predicted molar refractivity (Wildman–Crippen MR) is 137 cm³/mol. The Morgan fingerprint density at radius 2 is 1.62 bits per heavy atom. The summed E-state index contributed by atoms with van der Waals surface area (Å²) in [5.74, 6) is 0.567. The number of amides is 1. The maximum absolute atomic E-state index is 13.7. The fourth-order valence-electron chi connectivity index (χ4n) is 4.77. The molecule has 0 atom stereocenters. The summed E-state index contributed by atoms with van der Waals surface area (Å²) >= 11 is 0. The Hall–Kier alpha value is -4.22. The van der Waals surface area contributed by atoms with E-state index in [1.54, 1.807) is 11.0 Å². The number of benzene rings is 2. The molecule has 2 aromatic carbocycles. The van der Waals surface area contributed by atoms with Gasteiger partial charge in [0.25, 0.3) is 0 Å². The van der Waals surface area contributed by atoms with Crippen molar-refractivity contribution in [1.82, 2.24) is 19.9 Å². The lowest BCUT2D eigenvalue weighted by Gasteiger charge is -2.30. The van der Waals surface area contributed by atoms with Crippen LogP contribution in [0.25, 0.3) is 22.2 Å². The molecule has 6 nitrogen and oxygen atoms in total. The van der Waals surface area contributed by atoms with Crippen molar-refractivity contribution in [3.8, 4) is 11.3 Å². The SMILES string of the molecule is CC(=O)N1CCC(c2nc(Nc3ccc(C(F)(F)F)cc3)c3ccc(-c4ncccc4C(F)(F)F)cc3n2)CC1. The van der Waals surface area contributed by atoms with Crippen molar-refractivity contribution in [3.63, 3.8) is 0 Å². The van der Waals surface area contributed by atoms with Gasteiger partial charge in [-0.3, -0.25) is 9.78 Å². The van der Waals surface area contributed by atoms with E-state index in [1.165, 1.54) is 43.5 Å². The van der Waals surface area contributed by atoms with Gasteiger partial charge >= 0.3 is 12.4 Å². The van der Waals surface area contributed by atoms with Crippen LogP contribution in [0.5, 0.6) is 0 Å². The third-order valence-electron chi connectivity index (χ3n) is 6.88. The van der Waals surface area contributed by atoms with Crippen molar-refractivity contribution in [2.75, 3.05) is 18.4 Å². The van der Waals surface area contributed by atoms with Crippen molar-refractivity contribution in [3.05, 3.63) is 77.7 Å². The number of nitrogens with zero attached hydrogens (tertiary/aromatic N) is 4. The van der Waals surface area contributed by atoms with E-state index in [0.717, 1.165) is 18.2 Å². The lowest BCUT2D eigenvalue weighted by atomic mass is 9.95. The first-order chi connectivity index (χ1) is 18.9. The van der Waals surface area contributed by atoms with E-state index in [2.05, 4.69) is 20.3 Å². The number of rotatable bonds is 4. The monoisotopic (exact) mass is 559 g/mol. The van der Waals surface area contributed by atoms with Crippen LogP contribution in [0.15, 0.2) is 60.8 Å². The van der Waals surface area contributed by atoms with E-state index in [-0.39, 0.29) is 23.1 Å². The fourth-order valence-corrected chi connectivity index (χ4v) is 4.77. The fraction of sp³-hybridized carbons (Fsp3) is 0.286. The normalized spacial score (nSPS) is 14.9. The molecular formula is C28H23F6N5O. The summed E-state index contributed by atoms with van der Waals surface area (Å²) in [4.78, 5) is 26.8. The molecule has 1 amide bonds. The van der Waals surface area contributed by atoms with Crippen LogP contribution >= 0.6 is 0 Å². The number of carbonyl (C=O) groups excluding carboxylic acids is 1. The minimum absolute atomic E-state index is 0.0389. The quantitative estimate of drug-likeness (QED) is 0.268. The second-order valence-electron chi connectivity index (χ2n) is 9.54. The average molecular weight is 560 g/mol. The maximum atomic E-state index is 13.7. The van der Waals surface area contributed by atoms with E-state index in [9.17, 15) is 31.1 Å². The van der Waals surface area contributed by atoms with Gasteiger partial charge in [-0.05, 0) is 61.4 Å². The molecule has 208 valence electrons. The zero-order valence-corrected chi connectivity index (χ0v) is 21.1. The molecule has 0 bridgehead atoms. The summed E-state index contributed by atoms with van der Waals surface area (Å²) in [7, 11) is 0. The topological polar surface area (TPSA) is 71.0 Å². The Kier molecular flexibility index (Phi) is 7.11. The van der Waals surface area contributed by atoms with Crippen LogP contribution in [0.2, 0.25) is 0 Å². The van der Waals surface area contributed by atoms with Crippen LogP contribution in [0.1, 0.15) is 42.6 Å². The van der Waals surface area contributed by atoms with E-state index in [0.29, 0.717) is 54.2 Å². The highest BCUT2D eigenvalue weighted by Crippen LogP contribution is 2.38. The molecule has 3 heterocycles. The Morgan fingerprint density at radius 3 is 2.25 bits per heavy atom. The number of aromatic nitrogens is 3. The summed E-state index contributed by atoms with van der Waals surface area (Å²) in [5.41, 5.74) is -1.03. The Morgan fingerprint density at radius 1 is 0.925 bits per heavy atom. The summed E-state index contributed by atoms with van der Waals surface area (Å²) in [6, 6.07) is 11.2. The summed E-state index contributed by atoms with van der Waals surface area (Å²) in [6.07, 6.45) is -6.65. The van der Waals surface area contributed by atoms with Crippen LogP contribution < -0.4 is 5.32 Å². The van der Waals surface area contributed by atoms with Crippen molar-refractivity contribution >= 4 is 28.3 Å². The van der Waals surface area contributed by atoms with E-state index >= 15 is 0 Å². The molecule has 2 aromatic heterocycles. The number of pyridine rings is 1. The number of hydrogen-bond acceptors (Lipinski definition) is 5. The molecule has 1 saturated heterocycles. The standard InChI is InChI=1S/C28H23F6N5O/c1-16(40)39-13-10-17(11-14-39)25-37-23-15-18(24-22(28(32,33)34)3-2-12-35-24)4-9-21(23)26(38-25)36-20-7-5-19(6-8-20)27(29,30)31/h2-9,12,15,17H,10-11,13-14H2,1H3,(H,36,37,38). The van der Waals surface area contributed by atoms with Gasteiger partial charge in [0, 0.05) is 48.8 Å². The van der Waals surface area contributed by atoms with Crippen LogP contribution in [0.3, 0.4) is 0 Å². The first-order valence-corrected chi connectivity index (χ1v) is 12.4. The first kappa shape index (κ1) is 27.4. The molecule has 40 heavy (non-hydrogen) atoms. The lowest BCUT2D eigenvalue weighted by molar-refractivity contribution is -0.138. The minimum Gasteiger partial charge on any atom is -0.343 e. The Balaban J connectivity index is 1.58. The van der Waals surface area contributed by atoms with Crippen molar-refractivity contribution in [1.29, 1.82) is 0 Å². The van der Waals surface area contributed by atoms with Crippen molar-refractivity contribution < 1.29 is 31.1 Å². The maximum Gasteiger partial charge on any atom is 0.418 e. The highest BCUT2D eigenvalue weighted by Gasteiger charge is 2.34. The molecule has 0 unspecified atom stereocenters. The molecule has 12 heteroatoms. The van der Waals surface area contributed by atoms with Gasteiger partial charge in [0.1, 0.15) is 11.6 Å². The smallest absolute Gasteiger partial charge is 0.343 e. The number of halogens is 6. The average Bonchev–Trinajstić information content (AvgIpc) is 2.92. The van der Waals surface area contributed by atoms with Gasteiger partial charge in [0.15, 0.2) is 0 Å². The van der Waals surface area contributed by atoms with E-state index in [4.69, 9.17) is 0 Å². The number of anilines is 2. The largest absolute Gasteiger partial charge is 0.418 e. The lowest BCUT2D eigenvalue weighted by Crippen LogP contribution is -2.36. The Bertz CT molecular complexity index is 1540. The number of hydrogen-bond donors (Lipinski definition) is 1. The van der Waals surface area contributed by atoms with Gasteiger partial charge in [-0.2, -0.15) is 26.3 Å². The van der Waals surface area contributed by atoms with Crippen molar-refractivity contribution in [2.45, 2.75) is 38.0 Å². The molecule has 1 aliphatic rings. The summed E-state index contributed by atoms with van der Waals surface area (Å²) in [5, 5.41) is 3.52. The molecule has 4 aromatic rings. The molecule has 1 aliphatic heterocycles. The third kappa shape index (κ3) is 5.70. The molecule has 0 spiro atoms. The van der Waals surface area contributed by atoms with Gasteiger partial charge < -0.3 is 10.2 Å².